The molecule has 0 nitrogen and oxygen atoms in total. The van der Waals surface area contributed by atoms with Gasteiger partial charge in [0.25, 0.3) is 0 Å². The summed E-state index contributed by atoms with van der Waals surface area (Å²) >= 11 is 2.19. The predicted octanol–water partition coefficient (Wildman–Crippen LogP) is 5.76. The van der Waals surface area contributed by atoms with E-state index in [1.807, 2.05) is 0 Å². The van der Waals surface area contributed by atoms with Gasteiger partial charge in [0.2, 0.25) is 0 Å². The Morgan fingerprint density at radius 2 is 1.31 bits per heavy atom. The third-order valence-electron chi connectivity index (χ3n) is 2.86. The highest BCUT2D eigenvalue weighted by Crippen LogP contribution is 2.42. The van der Waals surface area contributed by atoms with Gasteiger partial charge in [0.15, 0.2) is 0 Å². The van der Waals surface area contributed by atoms with Crippen molar-refractivity contribution >= 4 is 11.8 Å². The number of thioether (sulfide) groups is 1. The van der Waals surface area contributed by atoms with Crippen molar-refractivity contribution in [1.82, 2.24) is 0 Å². The van der Waals surface area contributed by atoms with Crippen molar-refractivity contribution in [2.75, 3.05) is 5.75 Å². The first-order chi connectivity index (χ1) is 7.19. The molecule has 0 radical (unpaired) electrons. The zero-order valence-electron chi connectivity index (χ0n) is 12.5. The normalized spacial score (nSPS) is 13.5. The molecule has 0 bridgehead atoms. The van der Waals surface area contributed by atoms with Crippen molar-refractivity contribution in [3.8, 4) is 0 Å². The number of hydrogen-bond donors (Lipinski definition) is 0. The highest BCUT2D eigenvalue weighted by Gasteiger charge is 2.34. The molecule has 0 atom stereocenters. The monoisotopic (exact) mass is 244 g/mol. The molecule has 0 N–H and O–H groups in total. The molecule has 0 aliphatic heterocycles. The number of hydrogen-bond acceptors (Lipinski definition) is 1. The Kier molecular flexibility index (Phi) is 7.09. The summed E-state index contributed by atoms with van der Waals surface area (Å²) in [5.74, 6) is 1.33. The maximum atomic E-state index is 2.38. The standard InChI is InChI=1S/C15H32S/c1-8-9-10-11-12-16-13(14(2,3)4)15(5,6)7/h13H,8-12H2,1-7H3. The van der Waals surface area contributed by atoms with E-state index < -0.39 is 0 Å². The van der Waals surface area contributed by atoms with Crippen LogP contribution in [-0.4, -0.2) is 11.0 Å². The number of rotatable bonds is 6. The average molecular weight is 244 g/mol. The Morgan fingerprint density at radius 3 is 1.69 bits per heavy atom. The lowest BCUT2D eigenvalue weighted by atomic mass is 9.77. The van der Waals surface area contributed by atoms with Crippen LogP contribution < -0.4 is 0 Å². The van der Waals surface area contributed by atoms with Crippen LogP contribution in [0.1, 0.15) is 74.1 Å². The summed E-state index contributed by atoms with van der Waals surface area (Å²) in [5.41, 5.74) is 0.821. The van der Waals surface area contributed by atoms with E-state index in [-0.39, 0.29) is 0 Å². The van der Waals surface area contributed by atoms with Gasteiger partial charge in [-0.1, -0.05) is 67.7 Å². The van der Waals surface area contributed by atoms with Gasteiger partial charge in [-0.2, -0.15) is 11.8 Å². The van der Waals surface area contributed by atoms with Gasteiger partial charge in [-0.15, -0.1) is 0 Å². The zero-order chi connectivity index (χ0) is 12.8. The quantitative estimate of drug-likeness (QED) is 0.535. The smallest absolute Gasteiger partial charge is 0.0144 e. The maximum Gasteiger partial charge on any atom is 0.0144 e. The molecule has 0 amide bonds. The highest BCUT2D eigenvalue weighted by atomic mass is 32.2. The van der Waals surface area contributed by atoms with Crippen LogP contribution in [0.3, 0.4) is 0 Å². The lowest BCUT2D eigenvalue weighted by Gasteiger charge is -2.40. The van der Waals surface area contributed by atoms with Gasteiger partial charge < -0.3 is 0 Å². The minimum absolute atomic E-state index is 0.410. The molecule has 0 aliphatic rings. The van der Waals surface area contributed by atoms with Crippen LogP contribution in [0.5, 0.6) is 0 Å². The fourth-order valence-corrected chi connectivity index (χ4v) is 4.14. The SMILES string of the molecule is CCCCCCSC(C(C)(C)C)C(C)(C)C. The van der Waals surface area contributed by atoms with Gasteiger partial charge in [-0.05, 0) is 23.0 Å². The molecule has 0 aliphatic carbocycles. The van der Waals surface area contributed by atoms with E-state index in [1.165, 1.54) is 31.4 Å². The van der Waals surface area contributed by atoms with E-state index in [4.69, 9.17) is 0 Å². The first-order valence-electron chi connectivity index (χ1n) is 6.81. The van der Waals surface area contributed by atoms with E-state index in [1.54, 1.807) is 0 Å². The first kappa shape index (κ1) is 16.4. The second-order valence-electron chi connectivity index (χ2n) is 7.04. The van der Waals surface area contributed by atoms with Crippen molar-refractivity contribution in [2.45, 2.75) is 79.4 Å². The van der Waals surface area contributed by atoms with Gasteiger partial charge in [0.1, 0.15) is 0 Å². The lowest BCUT2D eigenvalue weighted by Crippen LogP contribution is -2.35. The van der Waals surface area contributed by atoms with Gasteiger partial charge in [-0.3, -0.25) is 0 Å². The molecule has 0 heterocycles. The summed E-state index contributed by atoms with van der Waals surface area (Å²) in [4.78, 5) is 0. The van der Waals surface area contributed by atoms with E-state index in [9.17, 15) is 0 Å². The second kappa shape index (κ2) is 6.93. The Labute approximate surface area is 108 Å². The van der Waals surface area contributed by atoms with Crippen LogP contribution in [0.2, 0.25) is 0 Å². The van der Waals surface area contributed by atoms with Crippen molar-refractivity contribution in [1.29, 1.82) is 0 Å². The molecule has 0 rings (SSSR count). The fourth-order valence-electron chi connectivity index (χ4n) is 2.53. The van der Waals surface area contributed by atoms with Crippen molar-refractivity contribution in [3.63, 3.8) is 0 Å². The number of unbranched alkanes of at least 4 members (excludes halogenated alkanes) is 3. The summed E-state index contributed by atoms with van der Waals surface area (Å²) < 4.78 is 0. The van der Waals surface area contributed by atoms with Gasteiger partial charge in [0, 0.05) is 5.25 Å². The Hall–Kier alpha value is 0.350. The molecule has 0 aromatic rings. The molecule has 0 saturated carbocycles. The second-order valence-corrected chi connectivity index (χ2v) is 8.26. The van der Waals surface area contributed by atoms with Crippen molar-refractivity contribution in [3.05, 3.63) is 0 Å². The Bertz CT molecular complexity index is 157. The molecule has 0 fully saturated rings. The lowest BCUT2D eigenvalue weighted by molar-refractivity contribution is 0.249. The van der Waals surface area contributed by atoms with Gasteiger partial charge in [0.05, 0.1) is 0 Å². The predicted molar refractivity (Wildman–Crippen MR) is 79.3 cm³/mol. The molecular weight excluding hydrogens is 212 g/mol. The molecule has 0 aromatic carbocycles. The van der Waals surface area contributed by atoms with Gasteiger partial charge in [-0.25, -0.2) is 0 Å². The molecule has 0 spiro atoms. The van der Waals surface area contributed by atoms with Crippen molar-refractivity contribution in [2.24, 2.45) is 10.8 Å². The van der Waals surface area contributed by atoms with Crippen LogP contribution >= 0.6 is 11.8 Å². The van der Waals surface area contributed by atoms with Crippen LogP contribution in [0.25, 0.3) is 0 Å². The average Bonchev–Trinajstić information content (AvgIpc) is 2.06. The van der Waals surface area contributed by atoms with Crippen LogP contribution in [0.4, 0.5) is 0 Å². The summed E-state index contributed by atoms with van der Waals surface area (Å²) in [6.45, 7) is 16.5. The minimum Gasteiger partial charge on any atom is -0.157 e. The van der Waals surface area contributed by atoms with Crippen molar-refractivity contribution < 1.29 is 0 Å². The largest absolute Gasteiger partial charge is 0.157 e. The van der Waals surface area contributed by atoms with E-state index in [0.717, 1.165) is 5.25 Å². The molecule has 0 aromatic heterocycles. The topological polar surface area (TPSA) is 0 Å². The summed E-state index contributed by atoms with van der Waals surface area (Å²) in [5, 5.41) is 0.752. The zero-order valence-corrected chi connectivity index (χ0v) is 13.3. The Morgan fingerprint density at radius 1 is 0.812 bits per heavy atom. The highest BCUT2D eigenvalue weighted by molar-refractivity contribution is 7.99. The fraction of sp³-hybridized carbons (Fsp3) is 1.00. The molecular formula is C15H32S. The van der Waals surface area contributed by atoms with E-state index >= 15 is 0 Å². The summed E-state index contributed by atoms with van der Waals surface area (Å²) in [6.07, 6.45) is 5.54. The molecule has 0 unspecified atom stereocenters. The van der Waals surface area contributed by atoms with Gasteiger partial charge >= 0.3 is 0 Å². The summed E-state index contributed by atoms with van der Waals surface area (Å²) in [7, 11) is 0. The van der Waals surface area contributed by atoms with Crippen LogP contribution in [0, 0.1) is 10.8 Å². The molecule has 98 valence electrons. The van der Waals surface area contributed by atoms with Crippen LogP contribution in [0.15, 0.2) is 0 Å². The third-order valence-corrected chi connectivity index (χ3v) is 5.13. The molecule has 0 saturated heterocycles. The third kappa shape index (κ3) is 6.83. The maximum absolute atomic E-state index is 2.38. The Balaban J connectivity index is 4.06. The van der Waals surface area contributed by atoms with E-state index in [0.29, 0.717) is 10.8 Å². The van der Waals surface area contributed by atoms with Crippen LogP contribution in [-0.2, 0) is 0 Å². The molecule has 16 heavy (non-hydrogen) atoms. The minimum atomic E-state index is 0.410. The summed E-state index contributed by atoms with van der Waals surface area (Å²) in [6, 6.07) is 0. The van der Waals surface area contributed by atoms with E-state index in [2.05, 4.69) is 60.2 Å². The molecule has 1 heteroatoms. The first-order valence-corrected chi connectivity index (χ1v) is 7.86.